The van der Waals surface area contributed by atoms with Crippen molar-refractivity contribution < 1.29 is 9.47 Å². The smallest absolute Gasteiger partial charge is 0.0556 e. The first-order valence-corrected chi connectivity index (χ1v) is 7.27. The maximum absolute atomic E-state index is 5.77. The molecule has 0 radical (unpaired) electrons. The van der Waals surface area contributed by atoms with Crippen molar-refractivity contribution in [2.75, 3.05) is 47.1 Å². The molecule has 5 nitrogen and oxygen atoms in total. The predicted molar refractivity (Wildman–Crippen MR) is 80.0 cm³/mol. The molecule has 5 heteroatoms. The van der Waals surface area contributed by atoms with Crippen molar-refractivity contribution in [1.82, 2.24) is 4.90 Å². The average Bonchev–Trinajstić information content (AvgIpc) is 2.33. The third kappa shape index (κ3) is 9.35. The number of nitrogens with zero attached hydrogens (tertiary/aromatic N) is 1. The van der Waals surface area contributed by atoms with Crippen LogP contribution in [0.3, 0.4) is 0 Å². The zero-order valence-corrected chi connectivity index (χ0v) is 13.2. The van der Waals surface area contributed by atoms with Gasteiger partial charge in [0.25, 0.3) is 0 Å². The van der Waals surface area contributed by atoms with Crippen LogP contribution in [0.15, 0.2) is 0 Å². The van der Waals surface area contributed by atoms with Gasteiger partial charge in [-0.2, -0.15) is 0 Å². The first kappa shape index (κ1) is 18.8. The van der Waals surface area contributed by atoms with E-state index in [0.29, 0.717) is 19.6 Å². The Morgan fingerprint density at radius 3 is 2.05 bits per heavy atom. The van der Waals surface area contributed by atoms with Gasteiger partial charge < -0.3 is 25.8 Å². The molecule has 1 unspecified atom stereocenters. The van der Waals surface area contributed by atoms with Crippen molar-refractivity contribution in [3.8, 4) is 0 Å². The number of nitrogens with two attached hydrogens (primary N) is 2. The van der Waals surface area contributed by atoms with Crippen LogP contribution < -0.4 is 11.5 Å². The molecule has 0 fully saturated rings. The van der Waals surface area contributed by atoms with Gasteiger partial charge >= 0.3 is 0 Å². The van der Waals surface area contributed by atoms with Gasteiger partial charge in [0.1, 0.15) is 0 Å². The largest absolute Gasteiger partial charge is 0.381 e. The molecule has 0 spiro atoms. The summed E-state index contributed by atoms with van der Waals surface area (Å²) >= 11 is 0. The van der Waals surface area contributed by atoms with Gasteiger partial charge in [0.05, 0.1) is 19.4 Å². The van der Waals surface area contributed by atoms with Gasteiger partial charge in [-0.1, -0.05) is 13.8 Å². The number of hydrogen-bond acceptors (Lipinski definition) is 5. The van der Waals surface area contributed by atoms with Crippen molar-refractivity contribution >= 4 is 0 Å². The molecule has 0 aromatic rings. The van der Waals surface area contributed by atoms with Crippen LogP contribution in [0.2, 0.25) is 0 Å². The average molecular weight is 275 g/mol. The maximum atomic E-state index is 5.77. The molecule has 0 aliphatic carbocycles. The maximum Gasteiger partial charge on any atom is 0.0556 e. The molecule has 0 saturated heterocycles. The van der Waals surface area contributed by atoms with Gasteiger partial charge in [-0.3, -0.25) is 0 Å². The second-order valence-corrected chi connectivity index (χ2v) is 5.65. The molecule has 0 aromatic carbocycles. The molecular weight excluding hydrogens is 242 g/mol. The van der Waals surface area contributed by atoms with Gasteiger partial charge in [-0.15, -0.1) is 0 Å². The van der Waals surface area contributed by atoms with E-state index in [2.05, 4.69) is 32.8 Å². The van der Waals surface area contributed by atoms with Crippen LogP contribution in [0.1, 0.15) is 33.1 Å². The molecule has 0 aliphatic heterocycles. The highest BCUT2D eigenvalue weighted by atomic mass is 16.5. The highest BCUT2D eigenvalue weighted by Crippen LogP contribution is 2.24. The fourth-order valence-corrected chi connectivity index (χ4v) is 2.06. The minimum absolute atomic E-state index is 0.0529. The van der Waals surface area contributed by atoms with E-state index in [4.69, 9.17) is 20.9 Å². The van der Waals surface area contributed by atoms with Crippen molar-refractivity contribution in [3.63, 3.8) is 0 Å². The van der Waals surface area contributed by atoms with Gasteiger partial charge in [0.2, 0.25) is 0 Å². The Labute approximate surface area is 118 Å². The predicted octanol–water partition coefficient (Wildman–Crippen LogP) is 1.02. The first-order valence-electron chi connectivity index (χ1n) is 7.27. The summed E-state index contributed by atoms with van der Waals surface area (Å²) in [5.41, 5.74) is 11.1. The van der Waals surface area contributed by atoms with Gasteiger partial charge in [-0.05, 0) is 33.4 Å². The fourth-order valence-electron chi connectivity index (χ4n) is 2.06. The summed E-state index contributed by atoms with van der Waals surface area (Å²) in [5, 5.41) is 0. The summed E-state index contributed by atoms with van der Waals surface area (Å²) in [4.78, 5) is 2.19. The molecule has 0 bridgehead atoms. The lowest BCUT2D eigenvalue weighted by Crippen LogP contribution is -2.42. The molecular formula is C14H33N3O2. The topological polar surface area (TPSA) is 73.7 Å². The molecule has 0 aliphatic rings. The summed E-state index contributed by atoms with van der Waals surface area (Å²) in [5.74, 6) is 0. The van der Waals surface area contributed by atoms with Crippen LogP contribution in [0.25, 0.3) is 0 Å². The monoisotopic (exact) mass is 275 g/mol. The molecule has 0 aromatic heterocycles. The summed E-state index contributed by atoms with van der Waals surface area (Å²) in [7, 11) is 4.17. The van der Waals surface area contributed by atoms with Crippen molar-refractivity contribution in [2.45, 2.75) is 39.3 Å². The zero-order chi connectivity index (χ0) is 14.7. The third-order valence-electron chi connectivity index (χ3n) is 3.16. The lowest BCUT2D eigenvalue weighted by Gasteiger charge is -2.35. The second kappa shape index (κ2) is 10.6. The molecule has 0 amide bonds. The molecule has 19 heavy (non-hydrogen) atoms. The Morgan fingerprint density at radius 1 is 1.05 bits per heavy atom. The van der Waals surface area contributed by atoms with Crippen LogP contribution >= 0.6 is 0 Å². The standard InChI is InChI=1S/C14H33N3O2/c1-5-8-18-11-14(6-2,10-17(3)4)12-19-9-7-13(15)16/h13H,5-12,15-16H2,1-4H3. The highest BCUT2D eigenvalue weighted by molar-refractivity contribution is 4.80. The number of hydrogen-bond donors (Lipinski definition) is 2. The van der Waals surface area contributed by atoms with E-state index >= 15 is 0 Å². The number of ether oxygens (including phenoxy) is 2. The van der Waals surface area contributed by atoms with Crippen LogP contribution in [0.4, 0.5) is 0 Å². The second-order valence-electron chi connectivity index (χ2n) is 5.65. The van der Waals surface area contributed by atoms with E-state index in [1.807, 2.05) is 0 Å². The number of rotatable bonds is 12. The molecule has 0 saturated carbocycles. The minimum atomic E-state index is -0.291. The fraction of sp³-hybridized carbons (Fsp3) is 1.00. The van der Waals surface area contributed by atoms with Crippen molar-refractivity contribution in [1.29, 1.82) is 0 Å². The van der Waals surface area contributed by atoms with E-state index in [9.17, 15) is 0 Å². The molecule has 1 atom stereocenters. The van der Waals surface area contributed by atoms with E-state index in [-0.39, 0.29) is 11.6 Å². The quantitative estimate of drug-likeness (QED) is 0.411. The Kier molecular flexibility index (Phi) is 10.5. The Bertz CT molecular complexity index is 213. The normalized spacial score (nSPS) is 15.2. The molecule has 116 valence electrons. The molecule has 4 N–H and O–H groups in total. The Hall–Kier alpha value is -0.200. The summed E-state index contributed by atoms with van der Waals surface area (Å²) in [6, 6.07) is 0. The molecule has 0 rings (SSSR count). The van der Waals surface area contributed by atoms with Crippen LogP contribution in [-0.2, 0) is 9.47 Å². The van der Waals surface area contributed by atoms with Crippen LogP contribution in [-0.4, -0.2) is 58.1 Å². The SMILES string of the molecule is CCCOCC(CC)(COCCC(N)N)CN(C)C. The van der Waals surface area contributed by atoms with Crippen LogP contribution in [0.5, 0.6) is 0 Å². The van der Waals surface area contributed by atoms with Crippen molar-refractivity contribution in [3.05, 3.63) is 0 Å². The Balaban J connectivity index is 4.27. The summed E-state index contributed by atoms with van der Waals surface area (Å²) < 4.78 is 11.5. The van der Waals surface area contributed by atoms with E-state index in [0.717, 1.165) is 32.6 Å². The van der Waals surface area contributed by atoms with Crippen LogP contribution in [0, 0.1) is 5.41 Å². The van der Waals surface area contributed by atoms with Gasteiger partial charge in [-0.25, -0.2) is 0 Å². The van der Waals surface area contributed by atoms with E-state index in [1.165, 1.54) is 0 Å². The first-order chi connectivity index (χ1) is 8.95. The van der Waals surface area contributed by atoms with E-state index in [1.54, 1.807) is 0 Å². The third-order valence-corrected chi connectivity index (χ3v) is 3.16. The van der Waals surface area contributed by atoms with Gasteiger partial charge in [0, 0.05) is 25.2 Å². The zero-order valence-electron chi connectivity index (χ0n) is 13.2. The molecule has 0 heterocycles. The van der Waals surface area contributed by atoms with E-state index < -0.39 is 0 Å². The minimum Gasteiger partial charge on any atom is -0.381 e. The summed E-state index contributed by atoms with van der Waals surface area (Å²) in [6.45, 7) is 8.13. The highest BCUT2D eigenvalue weighted by Gasteiger charge is 2.29. The van der Waals surface area contributed by atoms with Gasteiger partial charge in [0.15, 0.2) is 0 Å². The lowest BCUT2D eigenvalue weighted by atomic mass is 9.86. The lowest BCUT2D eigenvalue weighted by molar-refractivity contribution is -0.0376. The summed E-state index contributed by atoms with van der Waals surface area (Å²) in [6.07, 6.45) is 2.48. The van der Waals surface area contributed by atoms with Crippen molar-refractivity contribution in [2.24, 2.45) is 16.9 Å². The Morgan fingerprint density at radius 2 is 1.63 bits per heavy atom.